The Kier molecular flexibility index (Phi) is 7.19. The summed E-state index contributed by atoms with van der Waals surface area (Å²) in [6, 6.07) is 11.0. The molecule has 1 aliphatic heterocycles. The molecule has 0 spiro atoms. The van der Waals surface area contributed by atoms with Gasteiger partial charge in [-0.05, 0) is 54.8 Å². The summed E-state index contributed by atoms with van der Waals surface area (Å²) in [5, 5.41) is 1.01. The lowest BCUT2D eigenvalue weighted by Crippen LogP contribution is -2.32. The Morgan fingerprint density at radius 2 is 1.93 bits per heavy atom. The molecular formula is C20H22Cl2N2O4S. The molecule has 0 aromatic heterocycles. The third-order valence-corrected chi connectivity index (χ3v) is 6.73. The quantitative estimate of drug-likeness (QED) is 0.688. The van der Waals surface area contributed by atoms with Gasteiger partial charge in [-0.2, -0.15) is 0 Å². The monoisotopic (exact) mass is 456 g/mol. The van der Waals surface area contributed by atoms with E-state index in [0.717, 1.165) is 18.4 Å². The maximum atomic E-state index is 12.7. The summed E-state index contributed by atoms with van der Waals surface area (Å²) >= 11 is 12.1. The molecule has 2 aromatic rings. The number of hydrogen-bond acceptors (Lipinski definition) is 4. The van der Waals surface area contributed by atoms with Crippen LogP contribution in [0.2, 0.25) is 10.0 Å². The Balaban J connectivity index is 1.64. The van der Waals surface area contributed by atoms with Crippen LogP contribution in [-0.2, 0) is 21.3 Å². The average molecular weight is 457 g/mol. The zero-order valence-electron chi connectivity index (χ0n) is 15.9. The van der Waals surface area contributed by atoms with E-state index in [0.29, 0.717) is 28.8 Å². The molecule has 0 radical (unpaired) electrons. The summed E-state index contributed by atoms with van der Waals surface area (Å²) < 4.78 is 32.8. The van der Waals surface area contributed by atoms with Crippen LogP contribution in [0.4, 0.5) is 0 Å². The Hall–Kier alpha value is -1.64. The maximum Gasteiger partial charge on any atom is 0.253 e. The molecule has 1 heterocycles. The SMILES string of the molecule is CN(Cc1ccc(Cl)cc1Cl)C(=O)c1ccc(S(=O)(=O)NC[C@H]2CCCO2)cc1. The van der Waals surface area contributed by atoms with Gasteiger partial charge >= 0.3 is 0 Å². The van der Waals surface area contributed by atoms with Crippen LogP contribution in [0.5, 0.6) is 0 Å². The number of hydrogen-bond donors (Lipinski definition) is 1. The molecule has 156 valence electrons. The molecule has 29 heavy (non-hydrogen) atoms. The van der Waals surface area contributed by atoms with Gasteiger partial charge in [0.15, 0.2) is 0 Å². The van der Waals surface area contributed by atoms with Gasteiger partial charge in [-0.25, -0.2) is 13.1 Å². The number of nitrogens with zero attached hydrogens (tertiary/aromatic N) is 1. The molecule has 0 saturated carbocycles. The molecule has 3 rings (SSSR count). The summed E-state index contributed by atoms with van der Waals surface area (Å²) in [5.74, 6) is -0.243. The Labute approximate surface area is 180 Å². The normalized spacial score (nSPS) is 16.7. The summed E-state index contributed by atoms with van der Waals surface area (Å²) in [6.45, 7) is 1.21. The van der Waals surface area contributed by atoms with Crippen LogP contribution < -0.4 is 4.72 Å². The van der Waals surface area contributed by atoms with Gasteiger partial charge in [-0.3, -0.25) is 4.79 Å². The second kappa shape index (κ2) is 9.45. The Bertz CT molecular complexity index is 974. The fourth-order valence-corrected chi connectivity index (χ4v) is 4.60. The highest BCUT2D eigenvalue weighted by Crippen LogP contribution is 2.22. The van der Waals surface area contributed by atoms with Crippen molar-refractivity contribution in [2.45, 2.75) is 30.4 Å². The largest absolute Gasteiger partial charge is 0.377 e. The molecule has 0 bridgehead atoms. The number of carbonyl (C=O) groups is 1. The maximum absolute atomic E-state index is 12.7. The second-order valence-electron chi connectivity index (χ2n) is 6.91. The number of amides is 1. The van der Waals surface area contributed by atoms with E-state index < -0.39 is 10.0 Å². The number of sulfonamides is 1. The first-order valence-corrected chi connectivity index (χ1v) is 11.4. The van der Waals surface area contributed by atoms with Gasteiger partial charge in [-0.1, -0.05) is 29.3 Å². The number of nitrogens with one attached hydrogen (secondary N) is 1. The summed E-state index contributed by atoms with van der Waals surface area (Å²) in [7, 11) is -2.00. The second-order valence-corrected chi connectivity index (χ2v) is 9.52. The van der Waals surface area contributed by atoms with Crippen molar-refractivity contribution in [1.82, 2.24) is 9.62 Å². The molecule has 1 N–H and O–H groups in total. The van der Waals surface area contributed by atoms with Crippen molar-refractivity contribution < 1.29 is 17.9 Å². The Morgan fingerprint density at radius 1 is 1.21 bits per heavy atom. The van der Waals surface area contributed by atoms with Gasteiger partial charge in [-0.15, -0.1) is 0 Å². The van der Waals surface area contributed by atoms with Crippen LogP contribution in [0.3, 0.4) is 0 Å². The lowest BCUT2D eigenvalue weighted by molar-refractivity contribution is 0.0785. The number of ether oxygens (including phenoxy) is 1. The minimum Gasteiger partial charge on any atom is -0.377 e. The minimum atomic E-state index is -3.65. The summed E-state index contributed by atoms with van der Waals surface area (Å²) in [6.07, 6.45) is 1.71. The highest BCUT2D eigenvalue weighted by atomic mass is 35.5. The topological polar surface area (TPSA) is 75.7 Å². The van der Waals surface area contributed by atoms with Crippen molar-refractivity contribution in [1.29, 1.82) is 0 Å². The highest BCUT2D eigenvalue weighted by Gasteiger charge is 2.21. The van der Waals surface area contributed by atoms with Gasteiger partial charge in [0.2, 0.25) is 10.0 Å². The van der Waals surface area contributed by atoms with Crippen molar-refractivity contribution in [3.05, 3.63) is 63.6 Å². The lowest BCUT2D eigenvalue weighted by Gasteiger charge is -2.18. The van der Waals surface area contributed by atoms with Gasteiger partial charge in [0.05, 0.1) is 11.0 Å². The molecule has 6 nitrogen and oxygen atoms in total. The van der Waals surface area contributed by atoms with Crippen molar-refractivity contribution in [3.8, 4) is 0 Å². The average Bonchev–Trinajstić information content (AvgIpc) is 3.22. The predicted octanol–water partition coefficient (Wildman–Crippen LogP) is 3.72. The smallest absolute Gasteiger partial charge is 0.253 e. The molecule has 0 aliphatic carbocycles. The number of benzene rings is 2. The fraction of sp³-hybridized carbons (Fsp3) is 0.350. The van der Waals surface area contributed by atoms with E-state index in [1.165, 1.54) is 29.2 Å². The third kappa shape index (κ3) is 5.71. The minimum absolute atomic E-state index is 0.0843. The van der Waals surface area contributed by atoms with E-state index in [1.54, 1.807) is 25.2 Å². The first-order valence-electron chi connectivity index (χ1n) is 9.17. The van der Waals surface area contributed by atoms with Crippen LogP contribution in [-0.4, -0.2) is 45.5 Å². The standard InChI is InChI=1S/C20H22Cl2N2O4S/c1-24(13-15-4-7-16(21)11-19(15)22)20(25)14-5-8-18(9-6-14)29(26,27)23-12-17-3-2-10-28-17/h4-9,11,17,23H,2-3,10,12-13H2,1H3/t17-/m1/s1. The van der Waals surface area contributed by atoms with Crippen LogP contribution in [0.25, 0.3) is 0 Å². The molecule has 1 saturated heterocycles. The zero-order chi connectivity index (χ0) is 21.0. The summed E-state index contributed by atoms with van der Waals surface area (Å²) in [5.41, 5.74) is 1.15. The number of carbonyl (C=O) groups excluding carboxylic acids is 1. The third-order valence-electron chi connectivity index (χ3n) is 4.71. The molecule has 9 heteroatoms. The van der Waals surface area contributed by atoms with E-state index in [1.807, 2.05) is 0 Å². The van der Waals surface area contributed by atoms with Crippen molar-refractivity contribution in [3.63, 3.8) is 0 Å². The summed E-state index contributed by atoms with van der Waals surface area (Å²) in [4.78, 5) is 14.3. The highest BCUT2D eigenvalue weighted by molar-refractivity contribution is 7.89. The first kappa shape index (κ1) is 22.1. The molecule has 1 atom stereocenters. The molecular weight excluding hydrogens is 435 g/mol. The van der Waals surface area contributed by atoms with Gasteiger partial charge in [0.1, 0.15) is 0 Å². The van der Waals surface area contributed by atoms with Crippen LogP contribution in [0.15, 0.2) is 47.4 Å². The number of rotatable bonds is 7. The molecule has 1 fully saturated rings. The van der Waals surface area contributed by atoms with Crippen molar-refractivity contribution in [2.75, 3.05) is 20.2 Å². The predicted molar refractivity (Wildman–Crippen MR) is 113 cm³/mol. The first-order chi connectivity index (χ1) is 13.8. The van der Waals surface area contributed by atoms with E-state index >= 15 is 0 Å². The van der Waals surface area contributed by atoms with Crippen LogP contribution >= 0.6 is 23.2 Å². The van der Waals surface area contributed by atoms with Gasteiger partial charge in [0, 0.05) is 42.4 Å². The van der Waals surface area contributed by atoms with Crippen LogP contribution in [0.1, 0.15) is 28.8 Å². The van der Waals surface area contributed by atoms with E-state index in [9.17, 15) is 13.2 Å². The molecule has 2 aromatic carbocycles. The fourth-order valence-electron chi connectivity index (χ4n) is 3.07. The molecule has 1 aliphatic rings. The van der Waals surface area contributed by atoms with Crippen molar-refractivity contribution >= 4 is 39.1 Å². The van der Waals surface area contributed by atoms with Gasteiger partial charge < -0.3 is 9.64 Å². The van der Waals surface area contributed by atoms with E-state index in [-0.39, 0.29) is 23.5 Å². The van der Waals surface area contributed by atoms with E-state index in [4.69, 9.17) is 27.9 Å². The molecule has 0 unspecified atom stereocenters. The van der Waals surface area contributed by atoms with Crippen molar-refractivity contribution in [2.24, 2.45) is 0 Å². The number of halogens is 2. The Morgan fingerprint density at radius 3 is 2.55 bits per heavy atom. The van der Waals surface area contributed by atoms with Crippen LogP contribution in [0, 0.1) is 0 Å². The molecule has 1 amide bonds. The lowest BCUT2D eigenvalue weighted by atomic mass is 10.1. The van der Waals surface area contributed by atoms with E-state index in [2.05, 4.69) is 4.72 Å². The zero-order valence-corrected chi connectivity index (χ0v) is 18.2. The van der Waals surface area contributed by atoms with Gasteiger partial charge in [0.25, 0.3) is 5.91 Å².